The van der Waals surface area contributed by atoms with E-state index in [1.54, 1.807) is 18.3 Å². The molecular weight excluding hydrogens is 159 g/mol. The minimum atomic E-state index is 0. The van der Waals surface area contributed by atoms with Crippen LogP contribution in [0.15, 0.2) is 18.3 Å². The van der Waals surface area contributed by atoms with Gasteiger partial charge in [-0.15, -0.1) is 12.4 Å². The summed E-state index contributed by atoms with van der Waals surface area (Å²) in [5.74, 6) is 0. The Kier molecular flexibility index (Phi) is 3.35. The van der Waals surface area contributed by atoms with Crippen molar-refractivity contribution in [1.82, 2.24) is 4.98 Å². The molecule has 2 nitrogen and oxygen atoms in total. The Morgan fingerprint density at radius 2 is 2.22 bits per heavy atom. The van der Waals surface area contributed by atoms with E-state index in [1.165, 1.54) is 0 Å². The minimum absolute atomic E-state index is 0. The normalized spacial score (nSPS) is 8.11. The van der Waals surface area contributed by atoms with Crippen molar-refractivity contribution in [2.24, 2.45) is 0 Å². The van der Waals surface area contributed by atoms with Crippen LogP contribution in [0, 0.1) is 0 Å². The molecule has 0 saturated carbocycles. The Balaban J connectivity index is 0.000000640. The smallest absolute Gasteiger partial charge is 0.151 e. The summed E-state index contributed by atoms with van der Waals surface area (Å²) in [4.78, 5) is 3.72. The molecule has 0 radical (unpaired) electrons. The van der Waals surface area contributed by atoms with Gasteiger partial charge in [-0.2, -0.15) is 0 Å². The van der Waals surface area contributed by atoms with Gasteiger partial charge in [0.15, 0.2) is 5.15 Å². The fourth-order valence-electron chi connectivity index (χ4n) is 0.398. The van der Waals surface area contributed by atoms with Gasteiger partial charge < -0.3 is 5.73 Å². The number of hydrogen-bond acceptors (Lipinski definition) is 2. The first-order chi connectivity index (χ1) is 3.80. The molecule has 0 aliphatic heterocycles. The predicted molar refractivity (Wildman–Crippen MR) is 40.9 cm³/mol. The predicted octanol–water partition coefficient (Wildman–Crippen LogP) is 1.74. The number of nitrogens with two attached hydrogens (primary N) is 1. The zero-order valence-electron chi connectivity index (χ0n) is 4.54. The highest BCUT2D eigenvalue weighted by Gasteiger charge is 1.89. The number of hydrogen-bond donors (Lipinski definition) is 1. The standard InChI is InChI=1S/C5H5ClN2.ClH/c6-5-4(7)2-1-3-8-5;/h1-3H,7H2;1H. The summed E-state index contributed by atoms with van der Waals surface area (Å²) < 4.78 is 0. The van der Waals surface area contributed by atoms with E-state index < -0.39 is 0 Å². The zero-order chi connectivity index (χ0) is 5.98. The summed E-state index contributed by atoms with van der Waals surface area (Å²) in [6.07, 6.45) is 1.60. The molecule has 0 atom stereocenters. The first kappa shape index (κ1) is 8.53. The van der Waals surface area contributed by atoms with Crippen molar-refractivity contribution in [3.8, 4) is 0 Å². The van der Waals surface area contributed by atoms with Crippen LogP contribution >= 0.6 is 24.0 Å². The number of halogens is 2. The summed E-state index contributed by atoms with van der Waals surface area (Å²) in [5.41, 5.74) is 5.85. The monoisotopic (exact) mass is 164 g/mol. The molecule has 2 N–H and O–H groups in total. The maximum Gasteiger partial charge on any atom is 0.151 e. The average molecular weight is 165 g/mol. The Morgan fingerprint density at radius 3 is 2.56 bits per heavy atom. The van der Waals surface area contributed by atoms with E-state index in [-0.39, 0.29) is 12.4 Å². The Hall–Kier alpha value is -0.470. The molecular formula is C5H6Cl2N2. The molecule has 1 aromatic rings. The van der Waals surface area contributed by atoms with Crippen molar-refractivity contribution in [2.75, 3.05) is 5.73 Å². The number of rotatable bonds is 0. The van der Waals surface area contributed by atoms with Crippen LogP contribution in [0.25, 0.3) is 0 Å². The lowest BCUT2D eigenvalue weighted by atomic mass is 10.4. The molecule has 0 aliphatic rings. The van der Waals surface area contributed by atoms with Gasteiger partial charge in [0, 0.05) is 6.20 Å². The number of aromatic nitrogens is 1. The van der Waals surface area contributed by atoms with E-state index in [0.717, 1.165) is 0 Å². The van der Waals surface area contributed by atoms with Crippen LogP contribution in [-0.4, -0.2) is 4.98 Å². The van der Waals surface area contributed by atoms with Crippen LogP contribution in [0.2, 0.25) is 5.15 Å². The molecule has 0 fully saturated rings. The third kappa shape index (κ3) is 2.08. The zero-order valence-corrected chi connectivity index (χ0v) is 6.12. The molecule has 0 aliphatic carbocycles. The molecule has 0 spiro atoms. The summed E-state index contributed by atoms with van der Waals surface area (Å²) in [7, 11) is 0. The van der Waals surface area contributed by atoms with E-state index in [2.05, 4.69) is 4.98 Å². The largest absolute Gasteiger partial charge is 0.396 e. The maximum absolute atomic E-state index is 5.47. The average Bonchev–Trinajstić information content (AvgIpc) is 1.77. The van der Waals surface area contributed by atoms with Gasteiger partial charge in [0.1, 0.15) is 0 Å². The molecule has 0 unspecified atom stereocenters. The van der Waals surface area contributed by atoms with E-state index in [0.29, 0.717) is 10.8 Å². The van der Waals surface area contributed by atoms with Gasteiger partial charge in [-0.05, 0) is 12.1 Å². The topological polar surface area (TPSA) is 38.9 Å². The molecule has 0 aromatic carbocycles. The second kappa shape index (κ2) is 3.54. The van der Waals surface area contributed by atoms with Gasteiger partial charge >= 0.3 is 0 Å². The van der Waals surface area contributed by atoms with Crippen molar-refractivity contribution in [1.29, 1.82) is 0 Å². The van der Waals surface area contributed by atoms with Crippen LogP contribution in [0.1, 0.15) is 0 Å². The Labute approximate surface area is 64.4 Å². The highest BCUT2D eigenvalue weighted by atomic mass is 35.5. The van der Waals surface area contributed by atoms with E-state index >= 15 is 0 Å². The van der Waals surface area contributed by atoms with Gasteiger partial charge in [0.05, 0.1) is 5.69 Å². The molecule has 1 rings (SSSR count). The van der Waals surface area contributed by atoms with Crippen LogP contribution in [-0.2, 0) is 0 Å². The fourth-order valence-corrected chi connectivity index (χ4v) is 0.518. The van der Waals surface area contributed by atoms with E-state index in [1.807, 2.05) is 0 Å². The van der Waals surface area contributed by atoms with Crippen molar-refractivity contribution >= 4 is 29.7 Å². The first-order valence-electron chi connectivity index (χ1n) is 2.16. The summed E-state index contributed by atoms with van der Waals surface area (Å²) >= 11 is 5.47. The third-order valence-electron chi connectivity index (χ3n) is 0.788. The highest BCUT2D eigenvalue weighted by molar-refractivity contribution is 6.31. The molecule has 0 bridgehead atoms. The molecule has 0 amide bonds. The number of nitrogens with zero attached hydrogens (tertiary/aromatic N) is 1. The van der Waals surface area contributed by atoms with Gasteiger partial charge in [-0.3, -0.25) is 0 Å². The minimum Gasteiger partial charge on any atom is -0.396 e. The lowest BCUT2D eigenvalue weighted by Gasteiger charge is -1.90. The molecule has 50 valence electrons. The summed E-state index contributed by atoms with van der Waals surface area (Å²) in [5, 5.41) is 0.368. The van der Waals surface area contributed by atoms with E-state index in [9.17, 15) is 0 Å². The fraction of sp³-hybridized carbons (Fsp3) is 0. The number of nitrogen functional groups attached to an aromatic ring is 1. The van der Waals surface area contributed by atoms with Crippen molar-refractivity contribution in [3.05, 3.63) is 23.5 Å². The van der Waals surface area contributed by atoms with Gasteiger partial charge in [-0.25, -0.2) is 4.98 Å². The van der Waals surface area contributed by atoms with Crippen molar-refractivity contribution < 1.29 is 0 Å². The van der Waals surface area contributed by atoms with Crippen molar-refractivity contribution in [3.63, 3.8) is 0 Å². The SMILES string of the molecule is Cl.Nc1cccnc1Cl. The van der Waals surface area contributed by atoms with Crippen molar-refractivity contribution in [2.45, 2.75) is 0 Å². The molecule has 1 aromatic heterocycles. The molecule has 9 heavy (non-hydrogen) atoms. The lowest BCUT2D eigenvalue weighted by molar-refractivity contribution is 1.33. The second-order valence-electron chi connectivity index (χ2n) is 1.38. The highest BCUT2D eigenvalue weighted by Crippen LogP contribution is 2.11. The lowest BCUT2D eigenvalue weighted by Crippen LogP contribution is -1.85. The first-order valence-corrected chi connectivity index (χ1v) is 2.54. The van der Waals surface area contributed by atoms with Crippen LogP contribution in [0.5, 0.6) is 0 Å². The van der Waals surface area contributed by atoms with Crippen LogP contribution in [0.3, 0.4) is 0 Å². The van der Waals surface area contributed by atoms with Gasteiger partial charge in [0.25, 0.3) is 0 Å². The van der Waals surface area contributed by atoms with Gasteiger partial charge in [0.2, 0.25) is 0 Å². The third-order valence-corrected chi connectivity index (χ3v) is 1.10. The molecule has 0 saturated heterocycles. The Bertz CT molecular complexity index is 169. The molecule has 4 heteroatoms. The number of pyridine rings is 1. The van der Waals surface area contributed by atoms with Crippen LogP contribution in [0.4, 0.5) is 5.69 Å². The second-order valence-corrected chi connectivity index (χ2v) is 1.74. The maximum atomic E-state index is 5.47. The van der Waals surface area contributed by atoms with Crippen LogP contribution < -0.4 is 5.73 Å². The Morgan fingerprint density at radius 1 is 1.56 bits per heavy atom. The molecule has 1 heterocycles. The number of anilines is 1. The summed E-state index contributed by atoms with van der Waals surface area (Å²) in [6.45, 7) is 0. The van der Waals surface area contributed by atoms with Gasteiger partial charge in [-0.1, -0.05) is 11.6 Å². The quantitative estimate of drug-likeness (QED) is 0.594. The summed E-state index contributed by atoms with van der Waals surface area (Å²) in [6, 6.07) is 3.44. The van der Waals surface area contributed by atoms with E-state index in [4.69, 9.17) is 17.3 Å².